The maximum absolute atomic E-state index is 12.2. The maximum atomic E-state index is 12.2. The van der Waals surface area contributed by atoms with Crippen molar-refractivity contribution in [3.05, 3.63) is 28.0 Å². The largest absolute Gasteiger partial charge is 0.465 e. The summed E-state index contributed by atoms with van der Waals surface area (Å²) in [5.41, 5.74) is 1.15. The van der Waals surface area contributed by atoms with Gasteiger partial charge >= 0.3 is 12.1 Å². The van der Waals surface area contributed by atoms with E-state index in [-0.39, 0.29) is 11.7 Å². The molecule has 0 N–H and O–H groups in total. The molecule has 0 aliphatic carbocycles. The lowest BCUT2D eigenvalue weighted by Gasteiger charge is -2.31. The summed E-state index contributed by atoms with van der Waals surface area (Å²) in [6.45, 7) is 6.15. The summed E-state index contributed by atoms with van der Waals surface area (Å²) < 4.78 is 10.1. The Hall–Kier alpha value is -1.82. The predicted octanol–water partition coefficient (Wildman–Crippen LogP) is 2.81. The lowest BCUT2D eigenvalue weighted by atomic mass is 10.0. The molecule has 1 aliphatic heterocycles. The molecule has 120 valence electrons. The quantitative estimate of drug-likeness (QED) is 0.586. The van der Waals surface area contributed by atoms with Gasteiger partial charge in [0.1, 0.15) is 10.8 Å². The predicted molar refractivity (Wildman–Crippen MR) is 80.9 cm³/mol. The van der Waals surface area contributed by atoms with Gasteiger partial charge in [0, 0.05) is 24.2 Å². The molecule has 0 fully saturated rings. The zero-order valence-corrected chi connectivity index (χ0v) is 13.9. The van der Waals surface area contributed by atoms with E-state index in [4.69, 9.17) is 21.1 Å². The van der Waals surface area contributed by atoms with Crippen LogP contribution in [0.2, 0.25) is 5.15 Å². The third kappa shape index (κ3) is 3.68. The minimum Gasteiger partial charge on any atom is -0.465 e. The van der Waals surface area contributed by atoms with Crippen LogP contribution in [0.25, 0.3) is 0 Å². The third-order valence-corrected chi connectivity index (χ3v) is 3.40. The van der Waals surface area contributed by atoms with Gasteiger partial charge < -0.3 is 14.4 Å². The number of esters is 1. The van der Waals surface area contributed by atoms with Gasteiger partial charge in [-0.25, -0.2) is 14.6 Å². The van der Waals surface area contributed by atoms with E-state index in [0.717, 1.165) is 0 Å². The van der Waals surface area contributed by atoms with E-state index >= 15 is 0 Å². The van der Waals surface area contributed by atoms with E-state index < -0.39 is 17.7 Å². The van der Waals surface area contributed by atoms with E-state index in [1.54, 1.807) is 4.90 Å². The fourth-order valence-electron chi connectivity index (χ4n) is 2.26. The van der Waals surface area contributed by atoms with Crippen LogP contribution in [0.5, 0.6) is 0 Å². The van der Waals surface area contributed by atoms with Gasteiger partial charge in [0.15, 0.2) is 0 Å². The molecule has 0 bridgehead atoms. The van der Waals surface area contributed by atoms with Crippen molar-refractivity contribution in [3.8, 4) is 0 Å². The average molecular weight is 327 g/mol. The molecule has 6 nitrogen and oxygen atoms in total. The molecule has 1 aromatic heterocycles. The molecule has 0 saturated heterocycles. The molecule has 1 aliphatic rings. The minimum absolute atomic E-state index is 0.241. The highest BCUT2D eigenvalue weighted by atomic mass is 35.5. The first-order valence-corrected chi connectivity index (χ1v) is 7.33. The molecule has 22 heavy (non-hydrogen) atoms. The fraction of sp³-hybridized carbons (Fsp3) is 0.533. The molecular weight excluding hydrogens is 308 g/mol. The Morgan fingerprint density at radius 2 is 2.05 bits per heavy atom. The molecule has 1 aromatic rings. The standard InChI is InChI=1S/C15H19ClN2O4/c1-15(2,3)22-14(20)18-6-5-11-10(8-18)9(13(19)21-4)7-12(16)17-11/h7H,5-6,8H2,1-4H3. The van der Waals surface area contributed by atoms with Crippen LogP contribution < -0.4 is 0 Å². The summed E-state index contributed by atoms with van der Waals surface area (Å²) in [5, 5.41) is 0.241. The van der Waals surface area contributed by atoms with Crippen molar-refractivity contribution in [2.24, 2.45) is 0 Å². The van der Waals surface area contributed by atoms with Crippen molar-refractivity contribution in [1.82, 2.24) is 9.88 Å². The Morgan fingerprint density at radius 1 is 1.36 bits per heavy atom. The summed E-state index contributed by atoms with van der Waals surface area (Å²) in [6, 6.07) is 1.46. The molecule has 7 heteroatoms. The maximum Gasteiger partial charge on any atom is 0.410 e. The zero-order valence-electron chi connectivity index (χ0n) is 13.1. The van der Waals surface area contributed by atoms with E-state index in [0.29, 0.717) is 29.8 Å². The summed E-state index contributed by atoms with van der Waals surface area (Å²) in [6.07, 6.45) is 0.1000. The van der Waals surface area contributed by atoms with Gasteiger partial charge in [-0.3, -0.25) is 0 Å². The number of halogens is 1. The first kappa shape index (κ1) is 16.5. The second-order valence-electron chi connectivity index (χ2n) is 6.06. The number of pyridine rings is 1. The molecule has 2 rings (SSSR count). The third-order valence-electron chi connectivity index (χ3n) is 3.20. The minimum atomic E-state index is -0.569. The van der Waals surface area contributed by atoms with Crippen LogP contribution in [0.3, 0.4) is 0 Å². The Morgan fingerprint density at radius 3 is 2.64 bits per heavy atom. The topological polar surface area (TPSA) is 68.7 Å². The van der Waals surface area contributed by atoms with Crippen LogP contribution in [0.4, 0.5) is 4.79 Å². The zero-order chi connectivity index (χ0) is 16.5. The number of methoxy groups -OCH3 is 1. The molecule has 2 heterocycles. The van der Waals surface area contributed by atoms with Gasteiger partial charge in [0.2, 0.25) is 0 Å². The highest BCUT2D eigenvalue weighted by molar-refractivity contribution is 6.29. The number of nitrogens with zero attached hydrogens (tertiary/aromatic N) is 2. The van der Waals surface area contributed by atoms with E-state index in [1.165, 1.54) is 13.2 Å². The highest BCUT2D eigenvalue weighted by Gasteiger charge is 2.29. The molecular formula is C15H19ClN2O4. The van der Waals surface area contributed by atoms with Crippen LogP contribution in [0, 0.1) is 0 Å². The lowest BCUT2D eigenvalue weighted by Crippen LogP contribution is -2.40. The molecule has 0 aromatic carbocycles. The smallest absolute Gasteiger partial charge is 0.410 e. The van der Waals surface area contributed by atoms with Crippen molar-refractivity contribution in [2.75, 3.05) is 13.7 Å². The van der Waals surface area contributed by atoms with Crippen molar-refractivity contribution >= 4 is 23.7 Å². The van der Waals surface area contributed by atoms with Crippen molar-refractivity contribution in [3.63, 3.8) is 0 Å². The van der Waals surface area contributed by atoms with E-state index in [1.807, 2.05) is 20.8 Å². The second-order valence-corrected chi connectivity index (χ2v) is 6.45. The molecule has 0 saturated carbocycles. The molecule has 1 amide bonds. The number of hydrogen-bond acceptors (Lipinski definition) is 5. The number of aromatic nitrogens is 1. The fourth-order valence-corrected chi connectivity index (χ4v) is 2.47. The van der Waals surface area contributed by atoms with Crippen LogP contribution >= 0.6 is 11.6 Å². The SMILES string of the molecule is COC(=O)c1cc(Cl)nc2c1CN(C(=O)OC(C)(C)C)CC2. The normalized spacial score (nSPS) is 14.3. The van der Waals surface area contributed by atoms with Gasteiger partial charge in [-0.15, -0.1) is 0 Å². The Labute approximate surface area is 134 Å². The van der Waals surface area contributed by atoms with Gasteiger partial charge in [-0.2, -0.15) is 0 Å². The number of ether oxygens (including phenoxy) is 2. The Bertz CT molecular complexity index is 610. The second kappa shape index (κ2) is 6.12. The Balaban J connectivity index is 2.29. The van der Waals surface area contributed by atoms with Crippen molar-refractivity contribution in [1.29, 1.82) is 0 Å². The highest BCUT2D eigenvalue weighted by Crippen LogP contribution is 2.25. The first-order valence-electron chi connectivity index (χ1n) is 6.96. The van der Waals surface area contributed by atoms with Crippen LogP contribution in [0.1, 0.15) is 42.4 Å². The van der Waals surface area contributed by atoms with E-state index in [9.17, 15) is 9.59 Å². The van der Waals surface area contributed by atoms with Gasteiger partial charge in [0.25, 0.3) is 0 Å². The van der Waals surface area contributed by atoms with Gasteiger partial charge in [-0.1, -0.05) is 11.6 Å². The van der Waals surface area contributed by atoms with Crippen molar-refractivity contribution in [2.45, 2.75) is 39.3 Å². The van der Waals surface area contributed by atoms with Crippen LogP contribution in [-0.2, 0) is 22.4 Å². The molecule has 0 radical (unpaired) electrons. The first-order chi connectivity index (χ1) is 10.2. The molecule has 0 spiro atoms. The molecule has 0 unspecified atom stereocenters. The number of amides is 1. The van der Waals surface area contributed by atoms with Crippen molar-refractivity contribution < 1.29 is 19.1 Å². The summed E-state index contributed by atoms with van der Waals surface area (Å²) in [5.74, 6) is -0.494. The average Bonchev–Trinajstić information content (AvgIpc) is 2.43. The molecule has 0 atom stereocenters. The lowest BCUT2D eigenvalue weighted by molar-refractivity contribution is 0.0219. The number of carbonyl (C=O) groups is 2. The van der Waals surface area contributed by atoms with Gasteiger partial charge in [0.05, 0.1) is 19.2 Å². The summed E-state index contributed by atoms with van der Waals surface area (Å²) in [7, 11) is 1.30. The van der Waals surface area contributed by atoms with Crippen LogP contribution in [-0.4, -0.2) is 41.2 Å². The Kier molecular flexibility index (Phi) is 4.60. The number of carbonyl (C=O) groups excluding carboxylic acids is 2. The van der Waals surface area contributed by atoms with Crippen LogP contribution in [0.15, 0.2) is 6.07 Å². The summed E-state index contributed by atoms with van der Waals surface area (Å²) >= 11 is 5.94. The monoisotopic (exact) mass is 326 g/mol. The summed E-state index contributed by atoms with van der Waals surface area (Å²) in [4.78, 5) is 29.9. The van der Waals surface area contributed by atoms with Gasteiger partial charge in [-0.05, 0) is 26.8 Å². The van der Waals surface area contributed by atoms with E-state index in [2.05, 4.69) is 4.98 Å². The number of rotatable bonds is 1. The number of hydrogen-bond donors (Lipinski definition) is 0. The number of fused-ring (bicyclic) bond motifs is 1.